The number of nitrogens with one attached hydrogen (secondary N) is 2. The molecule has 2 N–H and O–H groups in total. The zero-order chi connectivity index (χ0) is 21.8. The van der Waals surface area contributed by atoms with E-state index in [1.165, 1.54) is 23.8 Å². The molecule has 10 heteroatoms. The van der Waals surface area contributed by atoms with Crippen LogP contribution in [-0.2, 0) is 6.42 Å². The molecule has 0 saturated carbocycles. The summed E-state index contributed by atoms with van der Waals surface area (Å²) >= 11 is 1.33. The molecule has 5 aromatic heterocycles. The lowest BCUT2D eigenvalue weighted by Crippen LogP contribution is -2.00. The molecule has 5 aromatic rings. The first-order valence-corrected chi connectivity index (χ1v) is 10.6. The number of hydrogen-bond acceptors (Lipinski definition) is 7. The zero-order valence-corrected chi connectivity index (χ0v) is 18.1. The van der Waals surface area contributed by atoms with Crippen LogP contribution in [0.3, 0.4) is 0 Å². The highest BCUT2D eigenvalue weighted by molar-refractivity contribution is 7.10. The molecule has 0 radical (unpaired) electrons. The molecule has 0 unspecified atom stereocenters. The van der Waals surface area contributed by atoms with Crippen molar-refractivity contribution >= 4 is 28.0 Å². The Morgan fingerprint density at radius 3 is 2.74 bits per heavy atom. The van der Waals surface area contributed by atoms with E-state index in [9.17, 15) is 4.39 Å². The number of anilines is 2. The van der Waals surface area contributed by atoms with Crippen molar-refractivity contribution in [2.24, 2.45) is 0 Å². The van der Waals surface area contributed by atoms with Gasteiger partial charge in [0.15, 0.2) is 11.5 Å². The van der Waals surface area contributed by atoms with E-state index in [1.54, 1.807) is 18.5 Å². The van der Waals surface area contributed by atoms with Gasteiger partial charge in [-0.1, -0.05) is 13.8 Å². The van der Waals surface area contributed by atoms with Crippen molar-refractivity contribution in [3.05, 3.63) is 72.1 Å². The number of aryl methyl sites for hydroxylation is 1. The molecule has 0 aromatic carbocycles. The molecule has 0 aliphatic rings. The van der Waals surface area contributed by atoms with Gasteiger partial charge in [0.25, 0.3) is 0 Å². The van der Waals surface area contributed by atoms with Crippen LogP contribution >= 0.6 is 11.5 Å². The molecule has 0 bridgehead atoms. The van der Waals surface area contributed by atoms with Crippen molar-refractivity contribution in [2.75, 3.05) is 5.32 Å². The van der Waals surface area contributed by atoms with Crippen molar-refractivity contribution < 1.29 is 4.39 Å². The third-order valence-electron chi connectivity index (χ3n) is 4.36. The first kappa shape index (κ1) is 20.6. The van der Waals surface area contributed by atoms with Crippen molar-refractivity contribution in [1.82, 2.24) is 33.9 Å². The summed E-state index contributed by atoms with van der Waals surface area (Å²) in [4.78, 5) is 13.2. The predicted molar refractivity (Wildman–Crippen MR) is 119 cm³/mol. The molecule has 5 rings (SSSR count). The van der Waals surface area contributed by atoms with Gasteiger partial charge in [0.2, 0.25) is 0 Å². The maximum atomic E-state index is 13.0. The van der Waals surface area contributed by atoms with Gasteiger partial charge in [-0.2, -0.15) is 9.47 Å². The zero-order valence-electron chi connectivity index (χ0n) is 17.3. The van der Waals surface area contributed by atoms with Gasteiger partial charge < -0.3 is 5.32 Å². The minimum absolute atomic E-state index is 0.349. The van der Waals surface area contributed by atoms with Gasteiger partial charge in [-0.3, -0.25) is 14.5 Å². The standard InChI is InChI=1S/C19H15FN8S.C2H6/c1-11-10-28-16(12-6-23-24-7-12)9-22-19(28)18(25-11)26-17-5-15(27-29-17)4-14-3-2-13(20)8-21-14;1-2/h2-3,5-10H,4H2,1H3,(H,23,24)(H,25,26);1-2H3. The molecule has 0 aliphatic carbocycles. The maximum Gasteiger partial charge on any atom is 0.180 e. The summed E-state index contributed by atoms with van der Waals surface area (Å²) in [7, 11) is 0. The summed E-state index contributed by atoms with van der Waals surface area (Å²) < 4.78 is 19.5. The summed E-state index contributed by atoms with van der Waals surface area (Å²) in [6.07, 6.45) is 9.06. The van der Waals surface area contributed by atoms with Crippen LogP contribution in [0.15, 0.2) is 49.2 Å². The number of aromatic amines is 1. The first-order valence-electron chi connectivity index (χ1n) is 9.82. The first-order chi connectivity index (χ1) is 15.2. The lowest BCUT2D eigenvalue weighted by molar-refractivity contribution is 0.619. The van der Waals surface area contributed by atoms with E-state index in [2.05, 4.69) is 34.8 Å². The quantitative estimate of drug-likeness (QED) is 0.412. The second kappa shape index (κ2) is 9.00. The molecule has 0 aliphatic heterocycles. The smallest absolute Gasteiger partial charge is 0.180 e. The summed E-state index contributed by atoms with van der Waals surface area (Å²) in [5.74, 6) is 0.299. The topological polar surface area (TPSA) is 96.7 Å². The Balaban J connectivity index is 0.00000112. The highest BCUT2D eigenvalue weighted by atomic mass is 32.1. The van der Waals surface area contributed by atoms with Crippen molar-refractivity contribution in [3.63, 3.8) is 0 Å². The van der Waals surface area contributed by atoms with E-state index in [-0.39, 0.29) is 5.82 Å². The van der Waals surface area contributed by atoms with Crippen LogP contribution in [0, 0.1) is 12.7 Å². The van der Waals surface area contributed by atoms with Crippen LogP contribution in [0.2, 0.25) is 0 Å². The molecule has 31 heavy (non-hydrogen) atoms. The fourth-order valence-electron chi connectivity index (χ4n) is 3.06. The minimum atomic E-state index is -0.349. The van der Waals surface area contributed by atoms with Crippen molar-refractivity contribution in [3.8, 4) is 11.3 Å². The monoisotopic (exact) mass is 436 g/mol. The Morgan fingerprint density at radius 2 is 2.00 bits per heavy atom. The van der Waals surface area contributed by atoms with Gasteiger partial charge in [-0.15, -0.1) is 0 Å². The summed E-state index contributed by atoms with van der Waals surface area (Å²) in [6.45, 7) is 5.93. The molecule has 0 saturated heterocycles. The number of hydrogen-bond donors (Lipinski definition) is 2. The molecule has 0 fully saturated rings. The van der Waals surface area contributed by atoms with E-state index in [1.807, 2.05) is 43.6 Å². The number of fused-ring (bicyclic) bond motifs is 1. The fraction of sp³-hybridized carbons (Fsp3) is 0.190. The number of aromatic nitrogens is 7. The van der Waals surface area contributed by atoms with Crippen molar-refractivity contribution in [2.45, 2.75) is 27.2 Å². The van der Waals surface area contributed by atoms with Crippen LogP contribution in [0.25, 0.3) is 16.9 Å². The molecule has 158 valence electrons. The van der Waals surface area contributed by atoms with E-state index in [0.29, 0.717) is 17.9 Å². The highest BCUT2D eigenvalue weighted by Gasteiger charge is 2.14. The van der Waals surface area contributed by atoms with Gasteiger partial charge in [-0.05, 0) is 36.7 Å². The average molecular weight is 437 g/mol. The fourth-order valence-corrected chi connectivity index (χ4v) is 3.73. The molecule has 8 nitrogen and oxygen atoms in total. The second-order valence-electron chi connectivity index (χ2n) is 6.51. The Hall–Kier alpha value is -3.66. The number of pyridine rings is 1. The summed E-state index contributed by atoms with van der Waals surface area (Å²) in [5, 5.41) is 11.0. The Kier molecular flexibility index (Phi) is 5.99. The molecule has 0 spiro atoms. The largest absolute Gasteiger partial charge is 0.328 e. The number of imidazole rings is 1. The SMILES string of the molecule is CC.Cc1cn2c(-c3cn[nH]c3)cnc2c(Nc2cc(Cc3ccc(F)cn3)ns2)n1. The average Bonchev–Trinajstić information content (AvgIpc) is 3.52. The highest BCUT2D eigenvalue weighted by Crippen LogP contribution is 2.27. The van der Waals surface area contributed by atoms with Gasteiger partial charge in [0.05, 0.1) is 35.7 Å². The van der Waals surface area contributed by atoms with Gasteiger partial charge in [0, 0.05) is 30.1 Å². The number of rotatable bonds is 5. The number of halogens is 1. The van der Waals surface area contributed by atoms with Crippen molar-refractivity contribution in [1.29, 1.82) is 0 Å². The molecule has 0 atom stereocenters. The number of H-pyrrole nitrogens is 1. The summed E-state index contributed by atoms with van der Waals surface area (Å²) in [6, 6.07) is 5.00. The van der Waals surface area contributed by atoms with E-state index < -0.39 is 0 Å². The third-order valence-corrected chi connectivity index (χ3v) is 5.10. The molecular weight excluding hydrogens is 415 g/mol. The van der Waals surface area contributed by atoms with Gasteiger partial charge in [-0.25, -0.2) is 14.4 Å². The Morgan fingerprint density at radius 1 is 1.13 bits per heavy atom. The van der Waals surface area contributed by atoms with Crippen LogP contribution < -0.4 is 5.32 Å². The minimum Gasteiger partial charge on any atom is -0.328 e. The molecular formula is C21H21FN8S. The third kappa shape index (κ3) is 4.43. The van der Waals surface area contributed by atoms with E-state index in [4.69, 9.17) is 0 Å². The Labute approximate surface area is 182 Å². The Bertz CT molecular complexity index is 1270. The second-order valence-corrected chi connectivity index (χ2v) is 7.31. The summed E-state index contributed by atoms with van der Waals surface area (Å²) in [5.41, 5.74) is 5.04. The normalized spacial score (nSPS) is 10.7. The number of nitrogens with zero attached hydrogens (tertiary/aromatic N) is 6. The van der Waals surface area contributed by atoms with Crippen LogP contribution in [0.1, 0.15) is 30.9 Å². The van der Waals surface area contributed by atoms with E-state index in [0.717, 1.165) is 33.3 Å². The lowest BCUT2D eigenvalue weighted by atomic mass is 10.2. The molecule has 5 heterocycles. The lowest BCUT2D eigenvalue weighted by Gasteiger charge is -2.07. The van der Waals surface area contributed by atoms with Crippen LogP contribution in [-0.4, -0.2) is 33.9 Å². The van der Waals surface area contributed by atoms with Gasteiger partial charge in [0.1, 0.15) is 10.8 Å². The van der Waals surface area contributed by atoms with Crippen LogP contribution in [0.4, 0.5) is 15.2 Å². The molecule has 0 amide bonds. The van der Waals surface area contributed by atoms with Gasteiger partial charge >= 0.3 is 0 Å². The maximum absolute atomic E-state index is 13.0. The van der Waals surface area contributed by atoms with E-state index >= 15 is 0 Å². The van der Waals surface area contributed by atoms with Crippen LogP contribution in [0.5, 0.6) is 0 Å². The predicted octanol–water partition coefficient (Wildman–Crippen LogP) is 4.78.